The molecule has 21 heavy (non-hydrogen) atoms. The Labute approximate surface area is 131 Å². The van der Waals surface area contributed by atoms with Crippen molar-refractivity contribution in [2.24, 2.45) is 4.99 Å². The third-order valence-electron chi connectivity index (χ3n) is 2.61. The predicted octanol–water partition coefficient (Wildman–Crippen LogP) is -1.47. The third-order valence-corrected chi connectivity index (χ3v) is 4.13. The number of carbonyl (C=O) groups excluding carboxylic acids is 1. The second-order valence-corrected chi connectivity index (χ2v) is 5.91. The zero-order valence-electron chi connectivity index (χ0n) is 10.9. The van der Waals surface area contributed by atoms with E-state index in [1.165, 1.54) is 0 Å². The Bertz CT molecular complexity index is 626. The van der Waals surface area contributed by atoms with Crippen molar-refractivity contribution in [1.29, 1.82) is 0 Å². The summed E-state index contributed by atoms with van der Waals surface area (Å²) < 4.78 is 4.68. The van der Waals surface area contributed by atoms with E-state index in [0.717, 1.165) is 11.9 Å². The van der Waals surface area contributed by atoms with Gasteiger partial charge in [-0.15, -0.1) is 0 Å². The first-order valence-electron chi connectivity index (χ1n) is 6.07. The van der Waals surface area contributed by atoms with E-state index < -0.39 is 26.4 Å². The maximum atomic E-state index is 11.8. The monoisotopic (exact) mass is 399 g/mol. The number of nitro groups is 1. The molecule has 0 atom stereocenters. The standard InChI is InChI=1S/C13H12IN4O3/c19-13(12-5-4-11(9-16-12)18(20)21)17-14-7-6-10-3-1-2-8-15-10/h1-3,6-9H,4-5H2,(H,17,19)/q-1/b7-6+. The zero-order chi connectivity index (χ0) is 15.1. The summed E-state index contributed by atoms with van der Waals surface area (Å²) in [6.07, 6.45) is 5.24. The molecule has 0 saturated heterocycles. The van der Waals surface area contributed by atoms with E-state index in [1.54, 1.807) is 6.20 Å². The Hall–Kier alpha value is -2.10. The van der Waals surface area contributed by atoms with Crippen LogP contribution in [0.1, 0.15) is 18.5 Å². The summed E-state index contributed by atoms with van der Waals surface area (Å²) >= 11 is -0.648. The van der Waals surface area contributed by atoms with Crippen LogP contribution in [0.2, 0.25) is 0 Å². The number of halogens is 1. The molecule has 1 amide bonds. The first-order valence-corrected chi connectivity index (χ1v) is 8.39. The topological polar surface area (TPSA) is 97.5 Å². The predicted molar refractivity (Wildman–Crippen MR) is 73.2 cm³/mol. The summed E-state index contributed by atoms with van der Waals surface area (Å²) in [5, 5.41) is 10.5. The average molecular weight is 399 g/mol. The molecule has 1 aromatic heterocycles. The molecule has 0 aromatic carbocycles. The molecule has 2 heterocycles. The quantitative estimate of drug-likeness (QED) is 0.283. The van der Waals surface area contributed by atoms with Gasteiger partial charge in [-0.05, 0) is 0 Å². The fourth-order valence-electron chi connectivity index (χ4n) is 1.54. The van der Waals surface area contributed by atoms with Crippen LogP contribution < -0.4 is 25.0 Å². The molecule has 0 unspecified atom stereocenters. The number of carbonyl (C=O) groups is 1. The first kappa shape index (κ1) is 15.3. The van der Waals surface area contributed by atoms with Gasteiger partial charge in [-0.1, -0.05) is 0 Å². The van der Waals surface area contributed by atoms with Crippen LogP contribution in [0.5, 0.6) is 0 Å². The number of nitrogens with zero attached hydrogens (tertiary/aromatic N) is 3. The summed E-state index contributed by atoms with van der Waals surface area (Å²) in [4.78, 5) is 29.9. The molecule has 0 saturated carbocycles. The molecule has 0 bridgehead atoms. The van der Waals surface area contributed by atoms with Crippen LogP contribution in [0.4, 0.5) is 0 Å². The molecule has 1 N–H and O–H groups in total. The molecular formula is C13H12IN4O3-. The molecule has 7 nitrogen and oxygen atoms in total. The molecule has 8 heteroatoms. The Morgan fingerprint density at radius 2 is 2.29 bits per heavy atom. The van der Waals surface area contributed by atoms with Crippen molar-refractivity contribution in [3.8, 4) is 0 Å². The number of nitrogens with one attached hydrogen (secondary N) is 1. The van der Waals surface area contributed by atoms with Gasteiger partial charge in [0, 0.05) is 0 Å². The molecular weight excluding hydrogens is 387 g/mol. The van der Waals surface area contributed by atoms with Crippen LogP contribution in [0.15, 0.2) is 45.4 Å². The number of hydrogen-bond acceptors (Lipinski definition) is 5. The second kappa shape index (κ2) is 7.62. The van der Waals surface area contributed by atoms with E-state index in [1.807, 2.05) is 28.4 Å². The van der Waals surface area contributed by atoms with Gasteiger partial charge in [-0.3, -0.25) is 0 Å². The summed E-state index contributed by atoms with van der Waals surface area (Å²) in [6.45, 7) is 0. The molecule has 0 spiro atoms. The van der Waals surface area contributed by atoms with Crippen molar-refractivity contribution in [1.82, 2.24) is 8.51 Å². The number of amides is 1. The molecule has 1 aromatic rings. The normalized spacial score (nSPS) is 14.7. The van der Waals surface area contributed by atoms with Gasteiger partial charge in [0.2, 0.25) is 0 Å². The Balaban J connectivity index is 1.83. The number of rotatable bonds is 5. The molecule has 0 aliphatic carbocycles. The van der Waals surface area contributed by atoms with Crippen molar-refractivity contribution >= 4 is 17.7 Å². The SMILES string of the molecule is O=C(N[I-]/C=C/c1ccccn1)C1=NC=C([N+](=O)[O-])CC1. The van der Waals surface area contributed by atoms with Gasteiger partial charge < -0.3 is 0 Å². The summed E-state index contributed by atoms with van der Waals surface area (Å²) in [6, 6.07) is 5.60. The molecule has 0 fully saturated rings. The minimum atomic E-state index is -0.648. The van der Waals surface area contributed by atoms with Crippen LogP contribution in [0.3, 0.4) is 0 Å². The van der Waals surface area contributed by atoms with Crippen molar-refractivity contribution < 1.29 is 31.2 Å². The van der Waals surface area contributed by atoms with Crippen molar-refractivity contribution in [2.75, 3.05) is 0 Å². The minimum absolute atomic E-state index is 0.0382. The van der Waals surface area contributed by atoms with Gasteiger partial charge in [0.15, 0.2) is 0 Å². The molecule has 1 aliphatic heterocycles. The fourth-order valence-corrected chi connectivity index (χ4v) is 2.87. The number of aliphatic imine (C=N–C) groups is 1. The molecule has 1 aliphatic rings. The number of pyridine rings is 1. The van der Waals surface area contributed by atoms with Crippen molar-refractivity contribution in [2.45, 2.75) is 12.8 Å². The van der Waals surface area contributed by atoms with E-state index in [9.17, 15) is 14.9 Å². The van der Waals surface area contributed by atoms with Crippen molar-refractivity contribution in [3.63, 3.8) is 0 Å². The Morgan fingerprint density at radius 1 is 1.43 bits per heavy atom. The van der Waals surface area contributed by atoms with E-state index in [-0.39, 0.29) is 18.0 Å². The summed E-state index contributed by atoms with van der Waals surface area (Å²) in [7, 11) is 0. The number of allylic oxidation sites excluding steroid dienone is 1. The van der Waals surface area contributed by atoms with Crippen molar-refractivity contribution in [3.05, 3.63) is 56.2 Å². The average Bonchev–Trinajstić information content (AvgIpc) is 2.52. The van der Waals surface area contributed by atoms with E-state index in [0.29, 0.717) is 12.1 Å². The van der Waals surface area contributed by atoms with Crippen LogP contribution >= 0.6 is 0 Å². The maximum absolute atomic E-state index is 11.8. The molecule has 110 valence electrons. The van der Waals surface area contributed by atoms with E-state index >= 15 is 0 Å². The van der Waals surface area contributed by atoms with Gasteiger partial charge in [0.1, 0.15) is 0 Å². The number of aromatic nitrogens is 1. The van der Waals surface area contributed by atoms with E-state index in [4.69, 9.17) is 0 Å². The molecule has 0 radical (unpaired) electrons. The number of hydrogen-bond donors (Lipinski definition) is 1. The van der Waals surface area contributed by atoms with Gasteiger partial charge in [0.05, 0.1) is 0 Å². The van der Waals surface area contributed by atoms with Gasteiger partial charge in [-0.25, -0.2) is 0 Å². The van der Waals surface area contributed by atoms with Gasteiger partial charge in [-0.2, -0.15) is 0 Å². The zero-order valence-corrected chi connectivity index (χ0v) is 13.1. The van der Waals surface area contributed by atoms with Crippen LogP contribution in [-0.2, 0) is 4.79 Å². The van der Waals surface area contributed by atoms with E-state index in [2.05, 4.69) is 13.5 Å². The Morgan fingerprint density at radius 3 is 2.90 bits per heavy atom. The fraction of sp³-hybridized carbons (Fsp3) is 0.154. The van der Waals surface area contributed by atoms with Crippen LogP contribution in [-0.4, -0.2) is 21.5 Å². The molecule has 2 rings (SSSR count). The van der Waals surface area contributed by atoms with Gasteiger partial charge >= 0.3 is 131 Å². The van der Waals surface area contributed by atoms with Gasteiger partial charge in [0.25, 0.3) is 0 Å². The van der Waals surface area contributed by atoms with Crippen LogP contribution in [0.25, 0.3) is 6.08 Å². The Kier molecular flexibility index (Phi) is 5.55. The van der Waals surface area contributed by atoms with Crippen LogP contribution in [0, 0.1) is 10.1 Å². The second-order valence-electron chi connectivity index (χ2n) is 4.03. The first-order chi connectivity index (χ1) is 10.2. The third kappa shape index (κ3) is 4.74. The summed E-state index contributed by atoms with van der Waals surface area (Å²) in [5.74, 6) is -0.257. The summed E-state index contributed by atoms with van der Waals surface area (Å²) in [5.41, 5.74) is 1.21.